The predicted octanol–water partition coefficient (Wildman–Crippen LogP) is 2.83. The molecule has 0 aliphatic heterocycles. The Morgan fingerprint density at radius 1 is 1.19 bits per heavy atom. The third-order valence-corrected chi connectivity index (χ3v) is 2.83. The number of nitrogens with zero attached hydrogens (tertiary/aromatic N) is 1. The number of hydrogen-bond acceptors (Lipinski definition) is 4. The van der Waals surface area contributed by atoms with Crippen LogP contribution in [0.1, 0.15) is 17.2 Å². The van der Waals surface area contributed by atoms with Crippen LogP contribution in [0.3, 0.4) is 0 Å². The Balaban J connectivity index is 2.08. The molecule has 0 aliphatic carbocycles. The van der Waals surface area contributed by atoms with Gasteiger partial charge < -0.3 is 16.2 Å². The highest BCUT2D eigenvalue weighted by Gasteiger charge is 2.31. The maximum atomic E-state index is 12.7. The fraction of sp³-hybridized carbons (Fsp3) is 0.214. The third kappa shape index (κ3) is 4.09. The zero-order valence-corrected chi connectivity index (χ0v) is 10.9. The molecule has 0 bridgehead atoms. The minimum atomic E-state index is -4.49. The number of nitrogens with one attached hydrogen (secondary N) is 1. The smallest absolute Gasteiger partial charge is 0.387 e. The van der Waals surface area contributed by atoms with Gasteiger partial charge in [0.25, 0.3) is 0 Å². The van der Waals surface area contributed by atoms with Crippen LogP contribution in [-0.2, 0) is 6.18 Å². The van der Waals surface area contributed by atoms with Crippen molar-refractivity contribution in [2.75, 3.05) is 17.6 Å². The largest absolute Gasteiger partial charge is 0.416 e. The number of nitrogen functional groups attached to an aromatic ring is 1. The number of alkyl halides is 3. The van der Waals surface area contributed by atoms with Crippen LogP contribution in [0.4, 0.5) is 24.8 Å². The molecular formula is C14H14F3N3O. The van der Waals surface area contributed by atoms with Gasteiger partial charge in [0.15, 0.2) is 0 Å². The fourth-order valence-electron chi connectivity index (χ4n) is 1.80. The molecule has 0 amide bonds. The van der Waals surface area contributed by atoms with E-state index in [1.807, 2.05) is 0 Å². The Morgan fingerprint density at radius 2 is 1.86 bits per heavy atom. The van der Waals surface area contributed by atoms with Crippen molar-refractivity contribution in [3.63, 3.8) is 0 Å². The maximum Gasteiger partial charge on any atom is 0.416 e. The van der Waals surface area contributed by atoms with Crippen LogP contribution < -0.4 is 11.1 Å². The average molecular weight is 297 g/mol. The number of aliphatic hydroxyl groups excluding tert-OH is 1. The van der Waals surface area contributed by atoms with E-state index >= 15 is 0 Å². The molecule has 2 aromatic rings. The van der Waals surface area contributed by atoms with Crippen LogP contribution in [0.2, 0.25) is 0 Å². The number of halogens is 3. The molecule has 1 aromatic heterocycles. The molecular weight excluding hydrogens is 283 g/mol. The van der Waals surface area contributed by atoms with Gasteiger partial charge in [0.05, 0.1) is 11.7 Å². The van der Waals surface area contributed by atoms with Gasteiger partial charge in [-0.05, 0) is 17.7 Å². The van der Waals surface area contributed by atoms with Crippen molar-refractivity contribution in [2.24, 2.45) is 0 Å². The van der Waals surface area contributed by atoms with Gasteiger partial charge in [-0.1, -0.05) is 30.3 Å². The number of rotatable bonds is 4. The van der Waals surface area contributed by atoms with Crippen molar-refractivity contribution in [3.05, 3.63) is 53.6 Å². The summed E-state index contributed by atoms with van der Waals surface area (Å²) < 4.78 is 38.0. The highest BCUT2D eigenvalue weighted by molar-refractivity contribution is 5.47. The van der Waals surface area contributed by atoms with E-state index in [-0.39, 0.29) is 18.2 Å². The molecule has 0 saturated heterocycles. The van der Waals surface area contributed by atoms with E-state index in [9.17, 15) is 18.3 Å². The van der Waals surface area contributed by atoms with E-state index < -0.39 is 17.8 Å². The van der Waals surface area contributed by atoms with Gasteiger partial charge in [-0.25, -0.2) is 4.98 Å². The summed E-state index contributed by atoms with van der Waals surface area (Å²) in [6, 6.07) is 10.4. The van der Waals surface area contributed by atoms with Gasteiger partial charge in [-0.3, -0.25) is 0 Å². The quantitative estimate of drug-likeness (QED) is 0.811. The Labute approximate surface area is 119 Å². The van der Waals surface area contributed by atoms with E-state index in [4.69, 9.17) is 5.73 Å². The molecule has 7 heteroatoms. The summed E-state index contributed by atoms with van der Waals surface area (Å²) in [7, 11) is 0. The molecule has 1 heterocycles. The first kappa shape index (κ1) is 15.1. The standard InChI is InChI=1S/C14H14F3N3O/c15-14(16,17)10-6-12(18)20-13(7-10)19-8-11(21)9-4-2-1-3-5-9/h1-7,11,21H,8H2,(H3,18,19,20). The lowest BCUT2D eigenvalue weighted by molar-refractivity contribution is -0.137. The minimum absolute atomic E-state index is 0.0256. The monoisotopic (exact) mass is 297 g/mol. The van der Waals surface area contributed by atoms with E-state index in [0.29, 0.717) is 5.56 Å². The van der Waals surface area contributed by atoms with Crippen molar-refractivity contribution < 1.29 is 18.3 Å². The number of nitrogens with two attached hydrogens (primary N) is 1. The number of benzene rings is 1. The number of aromatic nitrogens is 1. The van der Waals surface area contributed by atoms with Crippen LogP contribution in [0, 0.1) is 0 Å². The Kier molecular flexibility index (Phi) is 4.32. The Hall–Kier alpha value is -2.28. The molecule has 0 saturated carbocycles. The lowest BCUT2D eigenvalue weighted by atomic mass is 10.1. The van der Waals surface area contributed by atoms with Gasteiger partial charge in [0, 0.05) is 6.54 Å². The minimum Gasteiger partial charge on any atom is -0.387 e. The summed E-state index contributed by atoms with van der Waals surface area (Å²) in [6.07, 6.45) is -5.35. The molecule has 112 valence electrons. The van der Waals surface area contributed by atoms with Crippen LogP contribution >= 0.6 is 0 Å². The second-order valence-electron chi connectivity index (χ2n) is 4.47. The molecule has 1 unspecified atom stereocenters. The summed E-state index contributed by atoms with van der Waals surface area (Å²) in [5.74, 6) is -0.265. The van der Waals surface area contributed by atoms with Gasteiger partial charge in [-0.15, -0.1) is 0 Å². The summed E-state index contributed by atoms with van der Waals surface area (Å²) in [5, 5.41) is 12.6. The summed E-state index contributed by atoms with van der Waals surface area (Å²) in [6.45, 7) is 0.0256. The topological polar surface area (TPSA) is 71.2 Å². The van der Waals surface area contributed by atoms with Crippen LogP contribution in [0.25, 0.3) is 0 Å². The van der Waals surface area contributed by atoms with E-state index in [0.717, 1.165) is 12.1 Å². The van der Waals surface area contributed by atoms with Gasteiger partial charge >= 0.3 is 6.18 Å². The van der Waals surface area contributed by atoms with Crippen molar-refractivity contribution in [2.45, 2.75) is 12.3 Å². The number of aliphatic hydroxyl groups is 1. The molecule has 2 rings (SSSR count). The van der Waals surface area contributed by atoms with Crippen LogP contribution in [0.5, 0.6) is 0 Å². The van der Waals surface area contributed by atoms with Gasteiger partial charge in [0.1, 0.15) is 11.6 Å². The Morgan fingerprint density at radius 3 is 2.48 bits per heavy atom. The molecule has 1 aromatic carbocycles. The van der Waals surface area contributed by atoms with Gasteiger partial charge in [-0.2, -0.15) is 13.2 Å². The maximum absolute atomic E-state index is 12.7. The summed E-state index contributed by atoms with van der Waals surface area (Å²) in [5.41, 5.74) is 5.13. The summed E-state index contributed by atoms with van der Waals surface area (Å²) >= 11 is 0. The zero-order valence-electron chi connectivity index (χ0n) is 10.9. The lowest BCUT2D eigenvalue weighted by Crippen LogP contribution is -2.15. The van der Waals surface area contributed by atoms with Crippen molar-refractivity contribution in [1.82, 2.24) is 4.98 Å². The number of hydrogen-bond donors (Lipinski definition) is 3. The predicted molar refractivity (Wildman–Crippen MR) is 73.5 cm³/mol. The molecule has 4 nitrogen and oxygen atoms in total. The van der Waals surface area contributed by atoms with Crippen molar-refractivity contribution in [3.8, 4) is 0 Å². The summed E-state index contributed by atoms with van der Waals surface area (Å²) in [4.78, 5) is 3.77. The first-order chi connectivity index (χ1) is 9.86. The second kappa shape index (κ2) is 6.01. The van der Waals surface area contributed by atoms with E-state index in [1.54, 1.807) is 30.3 Å². The fourth-order valence-corrected chi connectivity index (χ4v) is 1.80. The third-order valence-electron chi connectivity index (χ3n) is 2.83. The first-order valence-corrected chi connectivity index (χ1v) is 6.18. The molecule has 1 atom stereocenters. The molecule has 21 heavy (non-hydrogen) atoms. The molecule has 0 spiro atoms. The molecule has 0 fully saturated rings. The number of anilines is 2. The lowest BCUT2D eigenvalue weighted by Gasteiger charge is -2.14. The number of pyridine rings is 1. The molecule has 4 N–H and O–H groups in total. The average Bonchev–Trinajstić information content (AvgIpc) is 2.44. The van der Waals surface area contributed by atoms with Crippen molar-refractivity contribution in [1.29, 1.82) is 0 Å². The van der Waals surface area contributed by atoms with Crippen LogP contribution in [0.15, 0.2) is 42.5 Å². The zero-order chi connectivity index (χ0) is 15.5. The molecule has 0 radical (unpaired) electrons. The highest BCUT2D eigenvalue weighted by atomic mass is 19.4. The highest BCUT2D eigenvalue weighted by Crippen LogP contribution is 2.31. The van der Waals surface area contributed by atoms with Crippen molar-refractivity contribution >= 4 is 11.6 Å². The van der Waals surface area contributed by atoms with E-state index in [2.05, 4.69) is 10.3 Å². The molecule has 0 aliphatic rings. The van der Waals surface area contributed by atoms with Crippen LogP contribution in [-0.4, -0.2) is 16.6 Å². The SMILES string of the molecule is Nc1cc(C(F)(F)F)cc(NCC(O)c2ccccc2)n1. The first-order valence-electron chi connectivity index (χ1n) is 6.18. The van der Waals surface area contributed by atoms with Gasteiger partial charge in [0.2, 0.25) is 0 Å². The second-order valence-corrected chi connectivity index (χ2v) is 4.47. The normalized spacial score (nSPS) is 13.0. The van der Waals surface area contributed by atoms with E-state index in [1.165, 1.54) is 0 Å². The Bertz CT molecular complexity index is 602.